The maximum Gasteiger partial charge on any atom is 0.356 e. The Kier molecular flexibility index (Phi) is 6.55. The fourth-order valence-electron chi connectivity index (χ4n) is 1.77. The molecule has 0 aliphatic heterocycles. The molecule has 14 heavy (non-hydrogen) atoms. The summed E-state index contributed by atoms with van der Waals surface area (Å²) in [5.41, 5.74) is 6.28. The highest BCUT2D eigenvalue weighted by Gasteiger charge is 2.38. The fraction of sp³-hybridized carbons (Fsp3) is 1.00. The summed E-state index contributed by atoms with van der Waals surface area (Å²) in [6.07, 6.45) is 0.874. The van der Waals surface area contributed by atoms with E-state index in [9.17, 15) is 0 Å². The first kappa shape index (κ1) is 14.1. The lowest BCUT2D eigenvalue weighted by Gasteiger charge is -2.35. The summed E-state index contributed by atoms with van der Waals surface area (Å²) in [6, 6.07) is 0. The predicted molar refractivity (Wildman–Crippen MR) is 61.2 cm³/mol. The third-order valence-electron chi connectivity index (χ3n) is 2.10. The predicted octanol–water partition coefficient (Wildman–Crippen LogP) is 0.350. The molecule has 0 aromatic rings. The van der Waals surface area contributed by atoms with Gasteiger partial charge in [0.2, 0.25) is 0 Å². The van der Waals surface area contributed by atoms with Crippen molar-refractivity contribution in [1.82, 2.24) is 5.32 Å². The van der Waals surface area contributed by atoms with Crippen molar-refractivity contribution in [3.8, 4) is 0 Å². The molecule has 5 heteroatoms. The Morgan fingerprint density at radius 1 is 1.36 bits per heavy atom. The smallest absolute Gasteiger partial charge is 0.356 e. The minimum absolute atomic E-state index is 0.466. The lowest BCUT2D eigenvalue weighted by atomic mass is 10.1. The first-order valence-corrected chi connectivity index (χ1v) is 6.61. The Hall–Kier alpha value is 0.0569. The van der Waals surface area contributed by atoms with Crippen molar-refractivity contribution >= 4 is 9.28 Å². The molecule has 0 fully saturated rings. The summed E-state index contributed by atoms with van der Waals surface area (Å²) in [5, 5.41) is 2.82. The van der Waals surface area contributed by atoms with Crippen LogP contribution in [0.2, 0.25) is 0 Å². The molecule has 0 aliphatic carbocycles. The molecule has 1 atom stereocenters. The Labute approximate surface area is 89.0 Å². The van der Waals surface area contributed by atoms with E-state index in [1.165, 1.54) is 0 Å². The van der Waals surface area contributed by atoms with Gasteiger partial charge in [-0.25, -0.2) is 0 Å². The minimum Gasteiger partial charge on any atom is -0.398 e. The van der Waals surface area contributed by atoms with E-state index in [0.29, 0.717) is 5.92 Å². The van der Waals surface area contributed by atoms with Gasteiger partial charge in [0, 0.05) is 14.2 Å². The van der Waals surface area contributed by atoms with E-state index in [4.69, 9.17) is 14.6 Å². The van der Waals surface area contributed by atoms with Gasteiger partial charge < -0.3 is 14.6 Å². The zero-order valence-electron chi connectivity index (χ0n) is 9.96. The van der Waals surface area contributed by atoms with Crippen LogP contribution in [0.5, 0.6) is 0 Å². The maximum absolute atomic E-state index is 6.28. The normalized spacial score (nSPS) is 16.3. The van der Waals surface area contributed by atoms with Crippen LogP contribution in [0.3, 0.4) is 0 Å². The van der Waals surface area contributed by atoms with Crippen molar-refractivity contribution < 1.29 is 8.85 Å². The molecular weight excluding hydrogens is 196 g/mol. The standard InChI is InChI=1S/C9H24N2O2Si/c1-6-11-9(10,7-8(2)3)14(12-4)13-5/h8,11,14H,6-7,10H2,1-5H3. The van der Waals surface area contributed by atoms with Crippen LogP contribution in [0.1, 0.15) is 27.2 Å². The molecule has 3 N–H and O–H groups in total. The molecule has 0 saturated heterocycles. The van der Waals surface area contributed by atoms with Gasteiger partial charge in [-0.15, -0.1) is 0 Å². The Bertz CT molecular complexity index is 154. The van der Waals surface area contributed by atoms with Crippen LogP contribution >= 0.6 is 0 Å². The van der Waals surface area contributed by atoms with E-state index in [1.54, 1.807) is 14.2 Å². The summed E-state index contributed by atoms with van der Waals surface area (Å²) < 4.78 is 10.7. The summed E-state index contributed by atoms with van der Waals surface area (Å²) in [5.74, 6) is 0.527. The first-order chi connectivity index (χ1) is 6.50. The highest BCUT2D eigenvalue weighted by atomic mass is 28.3. The minimum atomic E-state index is -1.83. The van der Waals surface area contributed by atoms with Crippen LogP contribution in [0.25, 0.3) is 0 Å². The van der Waals surface area contributed by atoms with E-state index in [1.807, 2.05) is 6.92 Å². The monoisotopic (exact) mass is 220 g/mol. The lowest BCUT2D eigenvalue weighted by Crippen LogP contribution is -2.66. The van der Waals surface area contributed by atoms with E-state index >= 15 is 0 Å². The van der Waals surface area contributed by atoms with E-state index in [0.717, 1.165) is 13.0 Å². The molecule has 0 rings (SSSR count). The molecule has 1 unspecified atom stereocenters. The molecular formula is C9H24N2O2Si. The zero-order chi connectivity index (χ0) is 11.2. The van der Waals surface area contributed by atoms with E-state index < -0.39 is 14.6 Å². The topological polar surface area (TPSA) is 56.5 Å². The van der Waals surface area contributed by atoms with Crippen LogP contribution in [0, 0.1) is 5.92 Å². The second-order valence-electron chi connectivity index (χ2n) is 3.97. The largest absolute Gasteiger partial charge is 0.398 e. The molecule has 0 radical (unpaired) electrons. The lowest BCUT2D eigenvalue weighted by molar-refractivity contribution is 0.211. The first-order valence-electron chi connectivity index (χ1n) is 5.09. The Balaban J connectivity index is 4.49. The van der Waals surface area contributed by atoms with Crippen LogP contribution < -0.4 is 11.1 Å². The number of nitrogens with one attached hydrogen (secondary N) is 1. The average Bonchev–Trinajstić information content (AvgIpc) is 2.04. The highest BCUT2D eigenvalue weighted by Crippen LogP contribution is 2.15. The van der Waals surface area contributed by atoms with Gasteiger partial charge in [-0.05, 0) is 18.9 Å². The molecule has 0 bridgehead atoms. The number of hydrogen-bond donors (Lipinski definition) is 2. The van der Waals surface area contributed by atoms with Gasteiger partial charge in [0.25, 0.3) is 0 Å². The fourth-order valence-corrected chi connectivity index (χ4v) is 3.84. The molecule has 0 aromatic carbocycles. The van der Waals surface area contributed by atoms with Crippen LogP contribution in [0.4, 0.5) is 0 Å². The number of rotatable bonds is 7. The zero-order valence-corrected chi connectivity index (χ0v) is 11.1. The van der Waals surface area contributed by atoms with Gasteiger partial charge in [0.15, 0.2) is 0 Å². The highest BCUT2D eigenvalue weighted by molar-refractivity contribution is 6.48. The molecule has 0 spiro atoms. The molecule has 0 heterocycles. The molecule has 0 amide bonds. The van der Waals surface area contributed by atoms with Gasteiger partial charge >= 0.3 is 9.28 Å². The van der Waals surface area contributed by atoms with Crippen LogP contribution in [0.15, 0.2) is 0 Å². The summed E-state index contributed by atoms with van der Waals surface area (Å²) in [7, 11) is 1.50. The summed E-state index contributed by atoms with van der Waals surface area (Å²) in [4.78, 5) is 0. The Morgan fingerprint density at radius 2 is 1.86 bits per heavy atom. The van der Waals surface area contributed by atoms with Crippen molar-refractivity contribution in [3.05, 3.63) is 0 Å². The van der Waals surface area contributed by atoms with E-state index in [-0.39, 0.29) is 0 Å². The van der Waals surface area contributed by atoms with Gasteiger partial charge in [-0.1, -0.05) is 20.8 Å². The van der Waals surface area contributed by atoms with Gasteiger partial charge in [0.05, 0.1) is 0 Å². The van der Waals surface area contributed by atoms with E-state index in [2.05, 4.69) is 19.2 Å². The number of hydrogen-bond acceptors (Lipinski definition) is 4. The third kappa shape index (κ3) is 4.06. The van der Waals surface area contributed by atoms with Crippen LogP contribution in [-0.4, -0.2) is 35.3 Å². The summed E-state index contributed by atoms with van der Waals surface area (Å²) >= 11 is 0. The maximum atomic E-state index is 6.28. The summed E-state index contributed by atoms with van der Waals surface area (Å²) in [6.45, 7) is 7.17. The molecule has 0 aromatic heterocycles. The molecule has 0 aliphatic rings. The molecule has 0 saturated carbocycles. The molecule has 4 nitrogen and oxygen atoms in total. The number of nitrogens with two attached hydrogens (primary N) is 1. The van der Waals surface area contributed by atoms with Crippen molar-refractivity contribution in [2.75, 3.05) is 20.8 Å². The third-order valence-corrected chi connectivity index (χ3v) is 4.24. The van der Waals surface area contributed by atoms with Gasteiger partial charge in [-0.2, -0.15) is 0 Å². The quantitative estimate of drug-likeness (QED) is 0.480. The SMILES string of the molecule is CCNC(N)(CC(C)C)[SiH](OC)OC. The second kappa shape index (κ2) is 6.52. The Morgan fingerprint density at radius 3 is 2.14 bits per heavy atom. The molecule has 86 valence electrons. The second-order valence-corrected chi connectivity index (χ2v) is 6.61. The average molecular weight is 220 g/mol. The van der Waals surface area contributed by atoms with Crippen molar-refractivity contribution in [2.24, 2.45) is 11.7 Å². The van der Waals surface area contributed by atoms with Gasteiger partial charge in [0.1, 0.15) is 5.29 Å². The van der Waals surface area contributed by atoms with Crippen molar-refractivity contribution in [3.63, 3.8) is 0 Å². The van der Waals surface area contributed by atoms with Crippen LogP contribution in [-0.2, 0) is 8.85 Å². The van der Waals surface area contributed by atoms with Crippen molar-refractivity contribution in [2.45, 2.75) is 32.5 Å². The van der Waals surface area contributed by atoms with Gasteiger partial charge in [-0.3, -0.25) is 5.32 Å². The van der Waals surface area contributed by atoms with Crippen molar-refractivity contribution in [1.29, 1.82) is 0 Å².